The standard InChI is InChI=1S/C15H22ClN3O/c1-19(2)14(11-6-3-4-7-12(11)16)10-18-15(20)13-8-5-9-17-13/h3-4,6-7,13-14,17H,5,8-10H2,1-2H3,(H,18,20). The van der Waals surface area contributed by atoms with E-state index in [-0.39, 0.29) is 18.0 Å². The molecule has 5 heteroatoms. The first-order valence-electron chi connectivity index (χ1n) is 7.01. The number of benzene rings is 1. The van der Waals surface area contributed by atoms with Crippen LogP contribution in [-0.2, 0) is 4.79 Å². The van der Waals surface area contributed by atoms with Gasteiger partial charge in [0.05, 0.1) is 12.1 Å². The molecule has 1 aliphatic rings. The van der Waals surface area contributed by atoms with E-state index in [1.165, 1.54) is 0 Å². The Hall–Kier alpha value is -1.10. The number of nitrogens with one attached hydrogen (secondary N) is 2. The van der Waals surface area contributed by atoms with Crippen molar-refractivity contribution in [2.45, 2.75) is 24.9 Å². The Kier molecular flexibility index (Phi) is 5.40. The van der Waals surface area contributed by atoms with Gasteiger partial charge < -0.3 is 15.5 Å². The zero-order valence-electron chi connectivity index (χ0n) is 12.0. The highest BCUT2D eigenvalue weighted by atomic mass is 35.5. The fourth-order valence-electron chi connectivity index (χ4n) is 2.54. The molecule has 1 aromatic rings. The van der Waals surface area contributed by atoms with Crippen molar-refractivity contribution >= 4 is 17.5 Å². The summed E-state index contributed by atoms with van der Waals surface area (Å²) in [5.74, 6) is 0.0846. The molecular formula is C15H22ClN3O. The van der Waals surface area contributed by atoms with Crippen LogP contribution >= 0.6 is 11.6 Å². The van der Waals surface area contributed by atoms with Crippen LogP contribution < -0.4 is 10.6 Å². The zero-order valence-corrected chi connectivity index (χ0v) is 12.8. The third-order valence-electron chi connectivity index (χ3n) is 3.73. The normalized spacial score (nSPS) is 20.1. The summed E-state index contributed by atoms with van der Waals surface area (Å²) in [6, 6.07) is 7.82. The van der Waals surface area contributed by atoms with Crippen molar-refractivity contribution in [1.29, 1.82) is 0 Å². The Labute approximate surface area is 125 Å². The smallest absolute Gasteiger partial charge is 0.237 e. The summed E-state index contributed by atoms with van der Waals surface area (Å²) in [4.78, 5) is 14.1. The number of hydrogen-bond acceptors (Lipinski definition) is 3. The molecule has 0 radical (unpaired) electrons. The zero-order chi connectivity index (χ0) is 14.5. The number of nitrogens with zero attached hydrogens (tertiary/aromatic N) is 1. The average Bonchev–Trinajstić information content (AvgIpc) is 2.94. The predicted octanol–water partition coefficient (Wildman–Crippen LogP) is 1.81. The van der Waals surface area contributed by atoms with Crippen LogP contribution in [0.25, 0.3) is 0 Å². The molecule has 1 saturated heterocycles. The van der Waals surface area contributed by atoms with E-state index < -0.39 is 0 Å². The van der Waals surface area contributed by atoms with Crippen LogP contribution in [0.15, 0.2) is 24.3 Å². The maximum absolute atomic E-state index is 12.1. The van der Waals surface area contributed by atoms with E-state index in [0.717, 1.165) is 30.0 Å². The Morgan fingerprint density at radius 3 is 2.85 bits per heavy atom. The summed E-state index contributed by atoms with van der Waals surface area (Å²) in [5.41, 5.74) is 1.04. The Balaban J connectivity index is 1.99. The molecule has 2 rings (SSSR count). The third-order valence-corrected chi connectivity index (χ3v) is 4.08. The van der Waals surface area contributed by atoms with Crippen molar-refractivity contribution in [1.82, 2.24) is 15.5 Å². The second-order valence-corrected chi connectivity index (χ2v) is 5.80. The summed E-state index contributed by atoms with van der Waals surface area (Å²) in [6.45, 7) is 1.49. The number of hydrogen-bond donors (Lipinski definition) is 2. The second kappa shape index (κ2) is 7.07. The number of rotatable bonds is 5. The van der Waals surface area contributed by atoms with Crippen LogP contribution in [0.2, 0.25) is 5.02 Å². The van der Waals surface area contributed by atoms with Gasteiger partial charge in [-0.15, -0.1) is 0 Å². The second-order valence-electron chi connectivity index (χ2n) is 5.40. The summed E-state index contributed by atoms with van der Waals surface area (Å²) < 4.78 is 0. The number of carbonyl (C=O) groups is 1. The third kappa shape index (κ3) is 3.72. The molecule has 1 amide bonds. The first-order chi connectivity index (χ1) is 9.59. The molecule has 110 valence electrons. The lowest BCUT2D eigenvalue weighted by atomic mass is 10.1. The monoisotopic (exact) mass is 295 g/mol. The van der Waals surface area contributed by atoms with Gasteiger partial charge in [0, 0.05) is 11.6 Å². The van der Waals surface area contributed by atoms with E-state index in [9.17, 15) is 4.79 Å². The largest absolute Gasteiger partial charge is 0.353 e. The highest BCUT2D eigenvalue weighted by molar-refractivity contribution is 6.31. The molecule has 0 bridgehead atoms. The van der Waals surface area contributed by atoms with Crippen molar-refractivity contribution in [3.63, 3.8) is 0 Å². The van der Waals surface area contributed by atoms with Gasteiger partial charge >= 0.3 is 0 Å². The lowest BCUT2D eigenvalue weighted by molar-refractivity contribution is -0.123. The van der Waals surface area contributed by atoms with Crippen LogP contribution in [0.3, 0.4) is 0 Å². The molecule has 1 heterocycles. The van der Waals surface area contributed by atoms with Crippen molar-refractivity contribution in [3.05, 3.63) is 34.9 Å². The number of halogens is 1. The van der Waals surface area contributed by atoms with E-state index in [2.05, 4.69) is 15.5 Å². The molecular weight excluding hydrogens is 274 g/mol. The topological polar surface area (TPSA) is 44.4 Å². The molecule has 0 aromatic heterocycles. The van der Waals surface area contributed by atoms with Gasteiger partial charge in [0.15, 0.2) is 0 Å². The molecule has 4 nitrogen and oxygen atoms in total. The maximum atomic E-state index is 12.1. The predicted molar refractivity (Wildman–Crippen MR) is 81.9 cm³/mol. The van der Waals surface area contributed by atoms with E-state index in [1.807, 2.05) is 38.4 Å². The Bertz CT molecular complexity index is 458. The molecule has 2 N–H and O–H groups in total. The van der Waals surface area contributed by atoms with Gasteiger partial charge in [-0.1, -0.05) is 29.8 Å². The average molecular weight is 296 g/mol. The summed E-state index contributed by atoms with van der Waals surface area (Å²) in [7, 11) is 3.99. The van der Waals surface area contributed by atoms with Crippen LogP contribution in [0.5, 0.6) is 0 Å². The van der Waals surface area contributed by atoms with Gasteiger partial charge in [-0.25, -0.2) is 0 Å². The summed E-state index contributed by atoms with van der Waals surface area (Å²) in [6.07, 6.45) is 1.99. The maximum Gasteiger partial charge on any atom is 0.237 e. The van der Waals surface area contributed by atoms with Crippen LogP contribution in [-0.4, -0.2) is 44.0 Å². The molecule has 0 spiro atoms. The summed E-state index contributed by atoms with van der Waals surface area (Å²) >= 11 is 6.25. The molecule has 2 atom stereocenters. The summed E-state index contributed by atoms with van der Waals surface area (Å²) in [5, 5.41) is 6.97. The van der Waals surface area contributed by atoms with E-state index in [4.69, 9.17) is 11.6 Å². The van der Waals surface area contributed by atoms with Gasteiger partial charge in [-0.3, -0.25) is 4.79 Å². The van der Waals surface area contributed by atoms with Crippen molar-refractivity contribution in [2.75, 3.05) is 27.2 Å². The van der Waals surface area contributed by atoms with Crippen molar-refractivity contribution in [3.8, 4) is 0 Å². The fraction of sp³-hybridized carbons (Fsp3) is 0.533. The van der Waals surface area contributed by atoms with Gasteiger partial charge in [0.1, 0.15) is 0 Å². The van der Waals surface area contributed by atoms with Crippen molar-refractivity contribution in [2.24, 2.45) is 0 Å². The van der Waals surface area contributed by atoms with E-state index in [0.29, 0.717) is 6.54 Å². The fourth-order valence-corrected chi connectivity index (χ4v) is 2.81. The molecule has 1 aromatic carbocycles. The van der Waals surface area contributed by atoms with Gasteiger partial charge in [-0.05, 0) is 45.1 Å². The first-order valence-corrected chi connectivity index (χ1v) is 7.39. The van der Waals surface area contributed by atoms with Gasteiger partial charge in [0.2, 0.25) is 5.91 Å². The molecule has 0 saturated carbocycles. The number of amides is 1. The highest BCUT2D eigenvalue weighted by Crippen LogP contribution is 2.25. The lowest BCUT2D eigenvalue weighted by Gasteiger charge is -2.26. The molecule has 1 fully saturated rings. The molecule has 0 aliphatic carbocycles. The highest BCUT2D eigenvalue weighted by Gasteiger charge is 2.24. The van der Waals surface area contributed by atoms with Gasteiger partial charge in [-0.2, -0.15) is 0 Å². The van der Waals surface area contributed by atoms with E-state index >= 15 is 0 Å². The molecule has 2 unspecified atom stereocenters. The van der Waals surface area contributed by atoms with E-state index in [1.54, 1.807) is 0 Å². The molecule has 1 aliphatic heterocycles. The number of carbonyl (C=O) groups excluding carboxylic acids is 1. The SMILES string of the molecule is CN(C)C(CNC(=O)C1CCCN1)c1ccccc1Cl. The minimum atomic E-state index is -0.0379. The minimum Gasteiger partial charge on any atom is -0.353 e. The van der Waals surface area contributed by atoms with Crippen LogP contribution in [0.4, 0.5) is 0 Å². The van der Waals surface area contributed by atoms with Crippen LogP contribution in [0, 0.1) is 0 Å². The van der Waals surface area contributed by atoms with Gasteiger partial charge in [0.25, 0.3) is 0 Å². The minimum absolute atomic E-state index is 0.0379. The quantitative estimate of drug-likeness (QED) is 0.871. The number of likely N-dealkylation sites (N-methyl/N-ethyl adjacent to an activating group) is 1. The molecule has 20 heavy (non-hydrogen) atoms. The first kappa shape index (κ1) is 15.3. The van der Waals surface area contributed by atoms with Crippen molar-refractivity contribution < 1.29 is 4.79 Å². The Morgan fingerprint density at radius 2 is 2.25 bits per heavy atom. The van der Waals surface area contributed by atoms with Crippen LogP contribution in [0.1, 0.15) is 24.4 Å². The lowest BCUT2D eigenvalue weighted by Crippen LogP contribution is -2.43. The Morgan fingerprint density at radius 1 is 1.50 bits per heavy atom.